The largest absolute Gasteiger partial charge is 0.311 e. The molecule has 1 heterocycles. The van der Waals surface area contributed by atoms with Gasteiger partial charge in [0.25, 0.3) is 0 Å². The SMILES string of the molecule is ClCCNCc1ccc(Br)s1. The fourth-order valence-corrected chi connectivity index (χ4v) is 2.31. The third-order valence-electron chi connectivity index (χ3n) is 1.20. The van der Waals surface area contributed by atoms with Crippen molar-refractivity contribution in [1.82, 2.24) is 5.32 Å². The van der Waals surface area contributed by atoms with Crippen molar-refractivity contribution in [2.24, 2.45) is 0 Å². The van der Waals surface area contributed by atoms with E-state index < -0.39 is 0 Å². The van der Waals surface area contributed by atoms with E-state index >= 15 is 0 Å². The van der Waals surface area contributed by atoms with E-state index in [-0.39, 0.29) is 0 Å². The summed E-state index contributed by atoms with van der Waals surface area (Å²) in [4.78, 5) is 1.34. The summed E-state index contributed by atoms with van der Waals surface area (Å²) in [5, 5.41) is 3.22. The van der Waals surface area contributed by atoms with Crippen LogP contribution in [0.4, 0.5) is 0 Å². The lowest BCUT2D eigenvalue weighted by atomic mass is 10.4. The maximum Gasteiger partial charge on any atom is 0.0701 e. The highest BCUT2D eigenvalue weighted by atomic mass is 79.9. The molecule has 1 N–H and O–H groups in total. The normalized spacial score (nSPS) is 10.4. The molecule has 1 nitrogen and oxygen atoms in total. The van der Waals surface area contributed by atoms with Crippen LogP contribution in [0.25, 0.3) is 0 Å². The second-order valence-electron chi connectivity index (χ2n) is 2.07. The third kappa shape index (κ3) is 3.56. The summed E-state index contributed by atoms with van der Waals surface area (Å²) < 4.78 is 1.18. The Bertz CT molecular complexity index is 214. The van der Waals surface area contributed by atoms with E-state index in [1.807, 2.05) is 0 Å². The second kappa shape index (κ2) is 5.14. The smallest absolute Gasteiger partial charge is 0.0701 e. The van der Waals surface area contributed by atoms with E-state index in [0.29, 0.717) is 5.88 Å². The summed E-state index contributed by atoms with van der Waals surface area (Å²) in [6, 6.07) is 4.17. The molecule has 1 aromatic rings. The monoisotopic (exact) mass is 253 g/mol. The Hall–Kier alpha value is 0.430. The summed E-state index contributed by atoms with van der Waals surface area (Å²) in [5.74, 6) is 0.673. The highest BCUT2D eigenvalue weighted by Crippen LogP contribution is 2.21. The van der Waals surface area contributed by atoms with E-state index in [9.17, 15) is 0 Å². The lowest BCUT2D eigenvalue weighted by Gasteiger charge is -1.97. The van der Waals surface area contributed by atoms with Crippen molar-refractivity contribution in [3.8, 4) is 0 Å². The highest BCUT2D eigenvalue weighted by Gasteiger charge is 1.95. The van der Waals surface area contributed by atoms with Crippen LogP contribution in [-0.2, 0) is 6.54 Å². The zero-order valence-electron chi connectivity index (χ0n) is 5.94. The molecule has 0 amide bonds. The van der Waals surface area contributed by atoms with Crippen LogP contribution in [0.3, 0.4) is 0 Å². The minimum atomic E-state index is 0.673. The van der Waals surface area contributed by atoms with Gasteiger partial charge in [-0.3, -0.25) is 0 Å². The number of nitrogens with one attached hydrogen (secondary N) is 1. The topological polar surface area (TPSA) is 12.0 Å². The standard InChI is InChI=1S/C7H9BrClNS/c8-7-2-1-6(11-7)5-10-4-3-9/h1-2,10H,3-5H2. The van der Waals surface area contributed by atoms with Gasteiger partial charge in [-0.25, -0.2) is 0 Å². The van der Waals surface area contributed by atoms with Gasteiger partial charge in [0, 0.05) is 23.8 Å². The summed E-state index contributed by atoms with van der Waals surface area (Å²) in [7, 11) is 0. The molecule has 0 fully saturated rings. The van der Waals surface area contributed by atoms with Gasteiger partial charge < -0.3 is 5.32 Å². The Labute approximate surface area is 83.9 Å². The average Bonchev–Trinajstić information content (AvgIpc) is 2.37. The minimum absolute atomic E-state index is 0.673. The van der Waals surface area contributed by atoms with Crippen LogP contribution in [0.15, 0.2) is 15.9 Å². The molecule has 0 atom stereocenters. The quantitative estimate of drug-likeness (QED) is 0.644. The molecular weight excluding hydrogens is 246 g/mol. The Morgan fingerprint density at radius 3 is 2.91 bits per heavy atom. The van der Waals surface area contributed by atoms with Crippen LogP contribution in [0, 0.1) is 0 Å². The third-order valence-corrected chi connectivity index (χ3v) is 3.01. The van der Waals surface area contributed by atoms with E-state index in [2.05, 4.69) is 33.4 Å². The summed E-state index contributed by atoms with van der Waals surface area (Å²) in [5.41, 5.74) is 0. The Morgan fingerprint density at radius 2 is 2.36 bits per heavy atom. The van der Waals surface area contributed by atoms with Crippen molar-refractivity contribution in [2.45, 2.75) is 6.54 Å². The van der Waals surface area contributed by atoms with Gasteiger partial charge >= 0.3 is 0 Å². The van der Waals surface area contributed by atoms with Crippen LogP contribution in [0.1, 0.15) is 4.88 Å². The maximum atomic E-state index is 5.50. The van der Waals surface area contributed by atoms with Crippen LogP contribution in [0.2, 0.25) is 0 Å². The number of alkyl halides is 1. The van der Waals surface area contributed by atoms with E-state index in [1.54, 1.807) is 11.3 Å². The fraction of sp³-hybridized carbons (Fsp3) is 0.429. The lowest BCUT2D eigenvalue weighted by Crippen LogP contribution is -2.14. The van der Waals surface area contributed by atoms with Crippen molar-refractivity contribution in [3.05, 3.63) is 20.8 Å². The molecule has 0 aromatic carbocycles. The Morgan fingerprint density at radius 1 is 1.55 bits per heavy atom. The van der Waals surface area contributed by atoms with Crippen molar-refractivity contribution in [3.63, 3.8) is 0 Å². The van der Waals surface area contributed by atoms with Crippen molar-refractivity contribution >= 4 is 38.9 Å². The molecule has 0 unspecified atom stereocenters. The van der Waals surface area contributed by atoms with Gasteiger partial charge in [0.05, 0.1) is 3.79 Å². The fourth-order valence-electron chi connectivity index (χ4n) is 0.725. The molecule has 0 spiro atoms. The molecule has 0 bridgehead atoms. The Balaban J connectivity index is 2.27. The van der Waals surface area contributed by atoms with Gasteiger partial charge in [-0.1, -0.05) is 0 Å². The first kappa shape index (κ1) is 9.52. The molecular formula is C7H9BrClNS. The van der Waals surface area contributed by atoms with Crippen LogP contribution in [0.5, 0.6) is 0 Å². The van der Waals surface area contributed by atoms with Gasteiger partial charge in [0.1, 0.15) is 0 Å². The number of thiophene rings is 1. The molecule has 62 valence electrons. The van der Waals surface area contributed by atoms with E-state index in [4.69, 9.17) is 11.6 Å². The predicted molar refractivity (Wildman–Crippen MR) is 54.4 cm³/mol. The zero-order valence-corrected chi connectivity index (χ0v) is 9.10. The lowest BCUT2D eigenvalue weighted by molar-refractivity contribution is 0.739. The summed E-state index contributed by atoms with van der Waals surface area (Å²) in [6.45, 7) is 1.79. The maximum absolute atomic E-state index is 5.50. The van der Waals surface area contributed by atoms with Gasteiger partial charge in [-0.05, 0) is 28.1 Å². The summed E-state index contributed by atoms with van der Waals surface area (Å²) >= 11 is 10.7. The molecule has 0 aliphatic carbocycles. The Kier molecular flexibility index (Phi) is 4.45. The first-order valence-corrected chi connectivity index (χ1v) is 5.48. The van der Waals surface area contributed by atoms with Gasteiger partial charge in [-0.2, -0.15) is 0 Å². The van der Waals surface area contributed by atoms with E-state index in [1.165, 1.54) is 8.66 Å². The predicted octanol–water partition coefficient (Wildman–Crippen LogP) is 2.84. The first-order chi connectivity index (χ1) is 5.33. The van der Waals surface area contributed by atoms with Gasteiger partial charge in [0.15, 0.2) is 0 Å². The second-order valence-corrected chi connectivity index (χ2v) is 5.00. The van der Waals surface area contributed by atoms with Crippen molar-refractivity contribution in [2.75, 3.05) is 12.4 Å². The van der Waals surface area contributed by atoms with Crippen LogP contribution < -0.4 is 5.32 Å². The molecule has 1 rings (SSSR count). The molecule has 0 saturated heterocycles. The zero-order chi connectivity index (χ0) is 8.10. The van der Waals surface area contributed by atoms with Crippen molar-refractivity contribution < 1.29 is 0 Å². The molecule has 1 aromatic heterocycles. The average molecular weight is 255 g/mol. The molecule has 0 radical (unpaired) electrons. The number of rotatable bonds is 4. The molecule has 0 aliphatic heterocycles. The van der Waals surface area contributed by atoms with Crippen molar-refractivity contribution in [1.29, 1.82) is 0 Å². The number of hydrogen-bond donors (Lipinski definition) is 1. The summed E-state index contributed by atoms with van der Waals surface area (Å²) in [6.07, 6.45) is 0. The van der Waals surface area contributed by atoms with Gasteiger partial charge in [-0.15, -0.1) is 22.9 Å². The molecule has 4 heteroatoms. The van der Waals surface area contributed by atoms with E-state index in [0.717, 1.165) is 13.1 Å². The number of hydrogen-bond acceptors (Lipinski definition) is 2. The van der Waals surface area contributed by atoms with Crippen LogP contribution >= 0.6 is 38.9 Å². The van der Waals surface area contributed by atoms with Crippen LogP contribution in [-0.4, -0.2) is 12.4 Å². The minimum Gasteiger partial charge on any atom is -0.311 e. The van der Waals surface area contributed by atoms with Gasteiger partial charge in [0.2, 0.25) is 0 Å². The molecule has 0 aliphatic rings. The molecule has 0 saturated carbocycles. The number of halogens is 2. The molecule has 11 heavy (non-hydrogen) atoms. The first-order valence-electron chi connectivity index (χ1n) is 3.34. The highest BCUT2D eigenvalue weighted by molar-refractivity contribution is 9.11.